The number of para-hydroxylation sites is 2. The van der Waals surface area contributed by atoms with Gasteiger partial charge in [-0.15, -0.1) is 0 Å². The van der Waals surface area contributed by atoms with E-state index in [0.717, 1.165) is 17.9 Å². The number of hydrogen-bond donors (Lipinski definition) is 2. The van der Waals surface area contributed by atoms with Crippen LogP contribution in [0.4, 0.5) is 10.8 Å². The first-order valence-electron chi connectivity index (χ1n) is 9.77. The molecule has 6 heteroatoms. The summed E-state index contributed by atoms with van der Waals surface area (Å²) in [6.07, 6.45) is 0.779. The van der Waals surface area contributed by atoms with Crippen molar-refractivity contribution in [2.75, 3.05) is 19.0 Å². The Morgan fingerprint density at radius 2 is 1.80 bits per heavy atom. The molecule has 0 atom stereocenters. The van der Waals surface area contributed by atoms with Crippen molar-refractivity contribution in [3.8, 4) is 5.75 Å². The fourth-order valence-corrected chi connectivity index (χ4v) is 4.21. The minimum atomic E-state index is -0.0983. The number of ether oxygens (including phenoxy) is 1. The Kier molecular flexibility index (Phi) is 5.95. The SMILES string of the molecule is COc1ccccc1Nc1nc(C)c(C(=O)NCCc2ccc3ccccc3c2)s1. The van der Waals surface area contributed by atoms with Gasteiger partial charge in [0.15, 0.2) is 5.13 Å². The van der Waals surface area contributed by atoms with Gasteiger partial charge in [0.25, 0.3) is 5.91 Å². The molecule has 4 aromatic rings. The Labute approximate surface area is 179 Å². The predicted molar refractivity (Wildman–Crippen MR) is 123 cm³/mol. The Bertz CT molecular complexity index is 1190. The van der Waals surface area contributed by atoms with Gasteiger partial charge >= 0.3 is 0 Å². The number of carbonyl (C=O) groups excluding carboxylic acids is 1. The summed E-state index contributed by atoms with van der Waals surface area (Å²) in [7, 11) is 1.63. The molecule has 3 aromatic carbocycles. The minimum absolute atomic E-state index is 0.0983. The molecule has 0 spiro atoms. The maximum Gasteiger partial charge on any atom is 0.263 e. The smallest absolute Gasteiger partial charge is 0.263 e. The van der Waals surface area contributed by atoms with E-state index >= 15 is 0 Å². The first kappa shape index (κ1) is 19.9. The van der Waals surface area contributed by atoms with Crippen molar-refractivity contribution in [3.05, 3.63) is 82.9 Å². The molecule has 0 saturated carbocycles. The molecule has 5 nitrogen and oxygen atoms in total. The summed E-state index contributed by atoms with van der Waals surface area (Å²) < 4.78 is 5.36. The van der Waals surface area contributed by atoms with E-state index in [1.54, 1.807) is 7.11 Å². The third-order valence-electron chi connectivity index (χ3n) is 4.86. The number of carbonyl (C=O) groups is 1. The topological polar surface area (TPSA) is 63.2 Å². The molecule has 1 amide bonds. The number of benzene rings is 3. The van der Waals surface area contributed by atoms with Crippen LogP contribution < -0.4 is 15.4 Å². The zero-order chi connectivity index (χ0) is 20.9. The van der Waals surface area contributed by atoms with Crippen LogP contribution in [0.5, 0.6) is 5.75 Å². The molecule has 0 aliphatic rings. The number of aromatic nitrogens is 1. The van der Waals surface area contributed by atoms with Gasteiger partial charge in [-0.05, 0) is 41.8 Å². The summed E-state index contributed by atoms with van der Waals surface area (Å²) in [6.45, 7) is 2.42. The zero-order valence-corrected chi connectivity index (χ0v) is 17.8. The first-order valence-corrected chi connectivity index (χ1v) is 10.6. The molecule has 4 rings (SSSR count). The largest absolute Gasteiger partial charge is 0.495 e. The Morgan fingerprint density at radius 3 is 2.63 bits per heavy atom. The van der Waals surface area contributed by atoms with Gasteiger partial charge in [-0.1, -0.05) is 65.9 Å². The second-order valence-corrected chi connectivity index (χ2v) is 7.95. The molecule has 0 unspecified atom stereocenters. The lowest BCUT2D eigenvalue weighted by atomic mass is 10.1. The van der Waals surface area contributed by atoms with Crippen LogP contribution in [0.3, 0.4) is 0 Å². The molecule has 2 N–H and O–H groups in total. The van der Waals surface area contributed by atoms with Crippen molar-refractivity contribution >= 4 is 38.8 Å². The van der Waals surface area contributed by atoms with E-state index in [1.807, 2.05) is 43.3 Å². The second kappa shape index (κ2) is 8.97. The average Bonchev–Trinajstić information content (AvgIpc) is 3.14. The third-order valence-corrected chi connectivity index (χ3v) is 5.94. The molecule has 0 saturated heterocycles. The maximum atomic E-state index is 12.7. The van der Waals surface area contributed by atoms with E-state index in [1.165, 1.54) is 27.7 Å². The summed E-state index contributed by atoms with van der Waals surface area (Å²) >= 11 is 1.34. The van der Waals surface area contributed by atoms with E-state index in [9.17, 15) is 4.79 Å². The van der Waals surface area contributed by atoms with Crippen LogP contribution in [0.2, 0.25) is 0 Å². The zero-order valence-electron chi connectivity index (χ0n) is 16.9. The monoisotopic (exact) mass is 417 g/mol. The molecule has 0 bridgehead atoms. The van der Waals surface area contributed by atoms with Gasteiger partial charge in [0.05, 0.1) is 18.5 Å². The van der Waals surface area contributed by atoms with Crippen molar-refractivity contribution in [1.82, 2.24) is 10.3 Å². The van der Waals surface area contributed by atoms with Crippen molar-refractivity contribution in [2.24, 2.45) is 0 Å². The quantitative estimate of drug-likeness (QED) is 0.427. The Hall–Kier alpha value is -3.38. The lowest BCUT2D eigenvalue weighted by Crippen LogP contribution is -2.25. The standard InChI is InChI=1S/C24H23N3O2S/c1-16-22(30-24(26-16)27-20-9-5-6-10-21(20)29-2)23(28)25-14-13-17-11-12-18-7-3-4-8-19(18)15-17/h3-12,15H,13-14H2,1-2H3,(H,25,28)(H,26,27). The summed E-state index contributed by atoms with van der Waals surface area (Å²) in [5.74, 6) is 0.630. The minimum Gasteiger partial charge on any atom is -0.495 e. The second-order valence-electron chi connectivity index (χ2n) is 6.95. The molecule has 0 fully saturated rings. The third kappa shape index (κ3) is 4.44. The van der Waals surface area contributed by atoms with E-state index < -0.39 is 0 Å². The normalized spacial score (nSPS) is 10.7. The van der Waals surface area contributed by atoms with Crippen LogP contribution in [0.25, 0.3) is 10.8 Å². The number of anilines is 2. The highest BCUT2D eigenvalue weighted by Crippen LogP contribution is 2.30. The van der Waals surface area contributed by atoms with Crippen LogP contribution >= 0.6 is 11.3 Å². The van der Waals surface area contributed by atoms with E-state index in [4.69, 9.17) is 4.74 Å². The fourth-order valence-electron chi connectivity index (χ4n) is 3.32. The van der Waals surface area contributed by atoms with Crippen LogP contribution in [0.1, 0.15) is 20.9 Å². The Balaban J connectivity index is 1.38. The van der Waals surface area contributed by atoms with Gasteiger partial charge in [0.2, 0.25) is 0 Å². The molecular formula is C24H23N3O2S. The number of aryl methyl sites for hydroxylation is 1. The lowest BCUT2D eigenvalue weighted by molar-refractivity contribution is 0.0957. The van der Waals surface area contributed by atoms with Crippen LogP contribution in [0, 0.1) is 6.92 Å². The summed E-state index contributed by atoms with van der Waals surface area (Å²) in [6, 6.07) is 22.3. The molecule has 30 heavy (non-hydrogen) atoms. The lowest BCUT2D eigenvalue weighted by Gasteiger charge is -2.08. The van der Waals surface area contributed by atoms with Gasteiger partial charge in [-0.3, -0.25) is 4.79 Å². The molecule has 0 radical (unpaired) electrons. The van der Waals surface area contributed by atoms with Gasteiger partial charge in [-0.2, -0.15) is 0 Å². The highest BCUT2D eigenvalue weighted by Gasteiger charge is 2.16. The number of thiazole rings is 1. The van der Waals surface area contributed by atoms with Gasteiger partial charge in [0, 0.05) is 6.54 Å². The number of amides is 1. The van der Waals surface area contributed by atoms with Gasteiger partial charge in [0.1, 0.15) is 10.6 Å². The number of rotatable bonds is 7. The molecule has 152 valence electrons. The van der Waals surface area contributed by atoms with Crippen molar-refractivity contribution in [1.29, 1.82) is 0 Å². The van der Waals surface area contributed by atoms with Crippen molar-refractivity contribution in [3.63, 3.8) is 0 Å². The number of nitrogens with one attached hydrogen (secondary N) is 2. The van der Waals surface area contributed by atoms with E-state index in [2.05, 4.69) is 45.9 Å². The summed E-state index contributed by atoms with van der Waals surface area (Å²) in [5.41, 5.74) is 2.73. The van der Waals surface area contributed by atoms with E-state index in [-0.39, 0.29) is 5.91 Å². The van der Waals surface area contributed by atoms with E-state index in [0.29, 0.717) is 22.2 Å². The number of nitrogens with zero attached hydrogens (tertiary/aromatic N) is 1. The van der Waals surface area contributed by atoms with Gasteiger partial charge < -0.3 is 15.4 Å². The molecule has 0 aliphatic carbocycles. The molecule has 0 aliphatic heterocycles. The predicted octanol–water partition coefficient (Wildman–Crippen LogP) is 5.33. The molecular weight excluding hydrogens is 394 g/mol. The first-order chi connectivity index (χ1) is 14.6. The van der Waals surface area contributed by atoms with Crippen molar-refractivity contribution in [2.45, 2.75) is 13.3 Å². The summed E-state index contributed by atoms with van der Waals surface area (Å²) in [5, 5.41) is 9.36. The highest BCUT2D eigenvalue weighted by atomic mass is 32.1. The maximum absolute atomic E-state index is 12.7. The number of hydrogen-bond acceptors (Lipinski definition) is 5. The van der Waals surface area contributed by atoms with Gasteiger partial charge in [-0.25, -0.2) is 4.98 Å². The molecule has 1 heterocycles. The highest BCUT2D eigenvalue weighted by molar-refractivity contribution is 7.17. The summed E-state index contributed by atoms with van der Waals surface area (Å²) in [4.78, 5) is 17.8. The average molecular weight is 418 g/mol. The number of methoxy groups -OCH3 is 1. The van der Waals surface area contributed by atoms with Crippen molar-refractivity contribution < 1.29 is 9.53 Å². The van der Waals surface area contributed by atoms with Crippen LogP contribution in [0.15, 0.2) is 66.7 Å². The fraction of sp³-hybridized carbons (Fsp3) is 0.167. The van der Waals surface area contributed by atoms with Crippen LogP contribution in [-0.2, 0) is 6.42 Å². The number of fused-ring (bicyclic) bond motifs is 1. The Morgan fingerprint density at radius 1 is 1.03 bits per heavy atom. The molecule has 1 aromatic heterocycles. The van der Waals surface area contributed by atoms with Crippen LogP contribution in [-0.4, -0.2) is 24.5 Å².